The van der Waals surface area contributed by atoms with Gasteiger partial charge in [0.05, 0.1) is 6.54 Å². The third-order valence-corrected chi connectivity index (χ3v) is 6.07. The fourth-order valence-corrected chi connectivity index (χ4v) is 4.94. The summed E-state index contributed by atoms with van der Waals surface area (Å²) in [6, 6.07) is 13.0. The molecule has 0 spiro atoms. The lowest BCUT2D eigenvalue weighted by molar-refractivity contribution is -0.909. The lowest BCUT2D eigenvalue weighted by atomic mass is 10.1. The molecule has 2 aromatic rings. The predicted octanol–water partition coefficient (Wildman–Crippen LogP) is 3.28. The van der Waals surface area contributed by atoms with Gasteiger partial charge in [0.15, 0.2) is 6.54 Å². The molecule has 0 aliphatic carbocycles. The van der Waals surface area contributed by atoms with E-state index in [0.29, 0.717) is 25.6 Å². The Balaban J connectivity index is 1.70. The number of nitrogens with zero attached hydrogens (tertiary/aromatic N) is 1. The number of hydrogen-bond donors (Lipinski definition) is 1. The first-order valence-electron chi connectivity index (χ1n) is 9.67. The van der Waals surface area contributed by atoms with Gasteiger partial charge in [0.1, 0.15) is 23.6 Å². The Labute approximate surface area is 169 Å². The molecule has 28 heavy (non-hydrogen) atoms. The van der Waals surface area contributed by atoms with E-state index in [1.54, 1.807) is 30.0 Å². The summed E-state index contributed by atoms with van der Waals surface area (Å²) < 4.78 is 26.8. The van der Waals surface area contributed by atoms with E-state index in [1.165, 1.54) is 24.3 Å². The summed E-state index contributed by atoms with van der Waals surface area (Å²) in [5.41, 5.74) is 1.85. The highest BCUT2D eigenvalue weighted by Crippen LogP contribution is 2.37. The number of hydrogen-bond acceptors (Lipinski definition) is 2. The van der Waals surface area contributed by atoms with Gasteiger partial charge in [-0.15, -0.1) is 11.8 Å². The predicted molar refractivity (Wildman–Crippen MR) is 109 cm³/mol. The molecule has 3 rings (SSSR count). The van der Waals surface area contributed by atoms with Gasteiger partial charge in [-0.25, -0.2) is 8.78 Å². The molecule has 1 unspecified atom stereocenters. The SMILES string of the molecule is CC(C)C[NH+](CC(=O)N1CCS[C@H]1c1ccc(F)cc1)Cc1cccc(F)c1. The Hall–Kier alpha value is -1.92. The van der Waals surface area contributed by atoms with Crippen LogP contribution >= 0.6 is 11.8 Å². The highest BCUT2D eigenvalue weighted by Gasteiger charge is 2.32. The second-order valence-electron chi connectivity index (χ2n) is 7.69. The van der Waals surface area contributed by atoms with Crippen LogP contribution in [0.4, 0.5) is 8.78 Å². The Morgan fingerprint density at radius 3 is 2.61 bits per heavy atom. The van der Waals surface area contributed by atoms with Gasteiger partial charge in [-0.05, 0) is 29.8 Å². The fourth-order valence-electron chi connectivity index (χ4n) is 3.66. The minimum Gasteiger partial charge on any atom is -0.323 e. The highest BCUT2D eigenvalue weighted by atomic mass is 32.2. The molecular weight excluding hydrogens is 378 g/mol. The van der Waals surface area contributed by atoms with Crippen molar-refractivity contribution in [3.8, 4) is 0 Å². The summed E-state index contributed by atoms with van der Waals surface area (Å²) in [6.45, 7) is 6.77. The van der Waals surface area contributed by atoms with Crippen LogP contribution in [-0.4, -0.2) is 36.2 Å². The van der Waals surface area contributed by atoms with Crippen molar-refractivity contribution in [1.82, 2.24) is 4.90 Å². The van der Waals surface area contributed by atoms with Gasteiger partial charge >= 0.3 is 0 Å². The summed E-state index contributed by atoms with van der Waals surface area (Å²) >= 11 is 1.71. The zero-order valence-corrected chi connectivity index (χ0v) is 17.1. The third-order valence-electron chi connectivity index (χ3n) is 4.81. The zero-order chi connectivity index (χ0) is 20.1. The molecule has 1 heterocycles. The normalized spacial score (nSPS) is 17.9. The minimum absolute atomic E-state index is 0.0671. The van der Waals surface area contributed by atoms with Gasteiger partial charge in [0.25, 0.3) is 5.91 Å². The first-order valence-corrected chi connectivity index (χ1v) is 10.7. The van der Waals surface area contributed by atoms with Gasteiger partial charge < -0.3 is 9.80 Å². The van der Waals surface area contributed by atoms with Crippen molar-refractivity contribution in [3.63, 3.8) is 0 Å². The molecule has 1 saturated heterocycles. The first-order chi connectivity index (χ1) is 13.4. The summed E-state index contributed by atoms with van der Waals surface area (Å²) in [6.07, 6.45) is 0. The highest BCUT2D eigenvalue weighted by molar-refractivity contribution is 7.99. The molecule has 6 heteroatoms. The molecule has 1 N–H and O–H groups in total. The van der Waals surface area contributed by atoms with Gasteiger partial charge in [0, 0.05) is 23.8 Å². The number of halogens is 2. The lowest BCUT2D eigenvalue weighted by Crippen LogP contribution is -3.12. The summed E-state index contributed by atoms with van der Waals surface area (Å²) in [4.78, 5) is 16.1. The molecule has 150 valence electrons. The topological polar surface area (TPSA) is 24.8 Å². The Kier molecular flexibility index (Phi) is 7.08. The maximum absolute atomic E-state index is 13.5. The standard InChI is InChI=1S/C22H26F2N2OS/c1-16(2)13-25(14-17-4-3-5-20(24)12-17)15-21(27)26-10-11-28-22(26)18-6-8-19(23)9-7-18/h3-9,12,16,22H,10-11,13-15H2,1-2H3/p+1/t22-/m0/s1. The van der Waals surface area contributed by atoms with Crippen molar-refractivity contribution in [2.45, 2.75) is 25.8 Å². The van der Waals surface area contributed by atoms with E-state index < -0.39 is 0 Å². The third kappa shape index (κ3) is 5.55. The van der Waals surface area contributed by atoms with E-state index in [0.717, 1.165) is 28.3 Å². The van der Waals surface area contributed by atoms with Crippen molar-refractivity contribution in [1.29, 1.82) is 0 Å². The Morgan fingerprint density at radius 2 is 1.93 bits per heavy atom. The van der Waals surface area contributed by atoms with Crippen LogP contribution in [0.25, 0.3) is 0 Å². The first kappa shape index (κ1) is 20.8. The van der Waals surface area contributed by atoms with Crippen LogP contribution in [0, 0.1) is 17.6 Å². The number of amides is 1. The maximum Gasteiger partial charge on any atom is 0.278 e. The number of carbonyl (C=O) groups excluding carboxylic acids is 1. The van der Waals surface area contributed by atoms with E-state index in [9.17, 15) is 13.6 Å². The van der Waals surface area contributed by atoms with Crippen LogP contribution in [0.5, 0.6) is 0 Å². The quantitative estimate of drug-likeness (QED) is 0.765. The largest absolute Gasteiger partial charge is 0.323 e. The van der Waals surface area contributed by atoms with E-state index in [4.69, 9.17) is 0 Å². The molecular formula is C22H27F2N2OS+. The molecule has 0 aromatic heterocycles. The Bertz CT molecular complexity index is 797. The molecule has 3 nitrogen and oxygen atoms in total. The van der Waals surface area contributed by atoms with Crippen LogP contribution in [0.3, 0.4) is 0 Å². The van der Waals surface area contributed by atoms with Crippen molar-refractivity contribution < 1.29 is 18.5 Å². The zero-order valence-electron chi connectivity index (χ0n) is 16.3. The van der Waals surface area contributed by atoms with E-state index in [-0.39, 0.29) is 22.9 Å². The average molecular weight is 406 g/mol. The van der Waals surface area contributed by atoms with Crippen LogP contribution in [0.2, 0.25) is 0 Å². The van der Waals surface area contributed by atoms with Crippen molar-refractivity contribution >= 4 is 17.7 Å². The molecule has 1 fully saturated rings. The number of benzene rings is 2. The summed E-state index contributed by atoms with van der Waals surface area (Å²) in [5, 5.41) is -0.0671. The average Bonchev–Trinajstić information content (AvgIpc) is 3.11. The number of quaternary nitrogens is 1. The second kappa shape index (κ2) is 9.52. The Morgan fingerprint density at radius 1 is 1.18 bits per heavy atom. The number of carbonyl (C=O) groups is 1. The molecule has 0 bridgehead atoms. The smallest absolute Gasteiger partial charge is 0.278 e. The lowest BCUT2D eigenvalue weighted by Gasteiger charge is -2.27. The van der Waals surface area contributed by atoms with Gasteiger partial charge in [-0.2, -0.15) is 0 Å². The van der Waals surface area contributed by atoms with Crippen LogP contribution < -0.4 is 4.90 Å². The second-order valence-corrected chi connectivity index (χ2v) is 8.88. The van der Waals surface area contributed by atoms with Crippen LogP contribution in [-0.2, 0) is 11.3 Å². The summed E-state index contributed by atoms with van der Waals surface area (Å²) in [7, 11) is 0. The molecule has 1 amide bonds. The minimum atomic E-state index is -0.271. The molecule has 2 atom stereocenters. The van der Waals surface area contributed by atoms with Crippen molar-refractivity contribution in [3.05, 3.63) is 71.3 Å². The van der Waals surface area contributed by atoms with Crippen LogP contribution in [0.1, 0.15) is 30.3 Å². The van der Waals surface area contributed by atoms with E-state index >= 15 is 0 Å². The van der Waals surface area contributed by atoms with Crippen molar-refractivity contribution in [2.24, 2.45) is 5.92 Å². The number of thioether (sulfide) groups is 1. The fraction of sp³-hybridized carbons (Fsp3) is 0.409. The van der Waals surface area contributed by atoms with Gasteiger partial charge in [-0.3, -0.25) is 4.79 Å². The van der Waals surface area contributed by atoms with E-state index in [2.05, 4.69) is 13.8 Å². The molecule has 2 aromatic carbocycles. The van der Waals surface area contributed by atoms with E-state index in [1.807, 2.05) is 11.0 Å². The maximum atomic E-state index is 13.5. The summed E-state index contributed by atoms with van der Waals surface area (Å²) in [5.74, 6) is 0.868. The molecule has 0 saturated carbocycles. The van der Waals surface area contributed by atoms with Gasteiger partial charge in [-0.1, -0.05) is 38.1 Å². The molecule has 0 radical (unpaired) electrons. The monoisotopic (exact) mass is 405 g/mol. The van der Waals surface area contributed by atoms with Crippen LogP contribution in [0.15, 0.2) is 48.5 Å². The molecule has 1 aliphatic rings. The van der Waals surface area contributed by atoms with Gasteiger partial charge in [0.2, 0.25) is 0 Å². The molecule has 1 aliphatic heterocycles. The number of nitrogens with one attached hydrogen (secondary N) is 1. The van der Waals surface area contributed by atoms with Crippen molar-refractivity contribution in [2.75, 3.05) is 25.4 Å². The number of rotatable bonds is 7.